The van der Waals surface area contributed by atoms with Crippen molar-refractivity contribution in [1.29, 1.82) is 5.26 Å². The Morgan fingerprint density at radius 1 is 1.47 bits per heavy atom. The van der Waals surface area contributed by atoms with Crippen LogP contribution in [0.5, 0.6) is 0 Å². The number of aliphatic hydroxyl groups excluding tert-OH is 1. The number of piperidine rings is 1. The zero-order chi connectivity index (χ0) is 21.7. The van der Waals surface area contributed by atoms with Gasteiger partial charge in [-0.3, -0.25) is 4.90 Å². The molecule has 0 aliphatic carbocycles. The second kappa shape index (κ2) is 9.73. The van der Waals surface area contributed by atoms with Crippen molar-refractivity contribution in [2.75, 3.05) is 49.1 Å². The van der Waals surface area contributed by atoms with Crippen molar-refractivity contribution < 1.29 is 19.0 Å². The average molecular weight is 434 g/mol. The normalized spacial score (nSPS) is 18.8. The predicted octanol–water partition coefficient (Wildman–Crippen LogP) is 1.74. The van der Waals surface area contributed by atoms with Crippen LogP contribution in [0, 0.1) is 17.1 Å². The molecule has 1 atom stereocenters. The van der Waals surface area contributed by atoms with E-state index in [0.717, 1.165) is 18.4 Å². The SMILES string of the molecule is N#CC=C1CCN(c2ccc(N3CC(CN(CCO)C(N)=S)OC3=O)cc2F)CC1. The summed E-state index contributed by atoms with van der Waals surface area (Å²) < 4.78 is 20.2. The minimum atomic E-state index is -0.566. The van der Waals surface area contributed by atoms with Crippen LogP contribution in [0.15, 0.2) is 29.8 Å². The van der Waals surface area contributed by atoms with Crippen molar-refractivity contribution in [1.82, 2.24) is 4.90 Å². The van der Waals surface area contributed by atoms with Gasteiger partial charge in [-0.15, -0.1) is 0 Å². The third kappa shape index (κ3) is 4.98. The van der Waals surface area contributed by atoms with Crippen LogP contribution >= 0.6 is 12.2 Å². The van der Waals surface area contributed by atoms with E-state index in [1.165, 1.54) is 11.0 Å². The molecule has 0 radical (unpaired) electrons. The number of aliphatic hydroxyl groups is 1. The van der Waals surface area contributed by atoms with E-state index in [1.807, 2.05) is 11.0 Å². The van der Waals surface area contributed by atoms with Gasteiger partial charge in [0.05, 0.1) is 37.1 Å². The maximum absolute atomic E-state index is 14.8. The van der Waals surface area contributed by atoms with Crippen molar-refractivity contribution in [2.45, 2.75) is 18.9 Å². The lowest BCUT2D eigenvalue weighted by Crippen LogP contribution is -2.43. The molecule has 2 saturated heterocycles. The van der Waals surface area contributed by atoms with Crippen molar-refractivity contribution in [3.8, 4) is 6.07 Å². The molecular weight excluding hydrogens is 409 g/mol. The van der Waals surface area contributed by atoms with Crippen LogP contribution < -0.4 is 15.5 Å². The molecule has 1 aromatic rings. The van der Waals surface area contributed by atoms with Crippen LogP contribution in [0.2, 0.25) is 0 Å². The molecule has 1 amide bonds. The summed E-state index contributed by atoms with van der Waals surface area (Å²) in [5.74, 6) is -0.415. The standard InChI is InChI=1S/C20H24FN5O3S/c21-17-11-15(1-2-18(17)24-7-4-14(3-6-22)5-8-24)26-13-16(29-20(26)28)12-25(9-10-27)19(23)30/h1-3,11,16,27H,4-5,7-10,12-13H2,(H2,23,30). The Kier molecular flexibility index (Phi) is 7.07. The first-order valence-electron chi connectivity index (χ1n) is 9.68. The number of anilines is 2. The number of nitrogens with zero attached hydrogens (tertiary/aromatic N) is 4. The van der Waals surface area contributed by atoms with Crippen LogP contribution in [0.4, 0.5) is 20.6 Å². The van der Waals surface area contributed by atoms with E-state index >= 15 is 0 Å². The highest BCUT2D eigenvalue weighted by Gasteiger charge is 2.34. The van der Waals surface area contributed by atoms with E-state index in [1.54, 1.807) is 23.1 Å². The summed E-state index contributed by atoms with van der Waals surface area (Å²) in [6.07, 6.45) is 1.94. The molecule has 3 rings (SSSR count). The van der Waals surface area contributed by atoms with Gasteiger partial charge in [0.1, 0.15) is 11.9 Å². The predicted molar refractivity (Wildman–Crippen MR) is 115 cm³/mol. The van der Waals surface area contributed by atoms with E-state index in [9.17, 15) is 9.18 Å². The summed E-state index contributed by atoms with van der Waals surface area (Å²) in [7, 11) is 0. The molecule has 30 heavy (non-hydrogen) atoms. The molecule has 8 nitrogen and oxygen atoms in total. The fourth-order valence-corrected chi connectivity index (χ4v) is 3.84. The van der Waals surface area contributed by atoms with Gasteiger partial charge in [0.25, 0.3) is 0 Å². The zero-order valence-corrected chi connectivity index (χ0v) is 17.3. The summed E-state index contributed by atoms with van der Waals surface area (Å²) >= 11 is 4.95. The molecule has 0 saturated carbocycles. The minimum Gasteiger partial charge on any atom is -0.442 e. The Labute approximate surface area is 179 Å². The molecule has 1 unspecified atom stereocenters. The van der Waals surface area contributed by atoms with Gasteiger partial charge in [-0.2, -0.15) is 5.26 Å². The number of benzene rings is 1. The highest BCUT2D eigenvalue weighted by molar-refractivity contribution is 7.80. The number of amides is 1. The number of nitrogens with two attached hydrogens (primary N) is 1. The Hall–Kier alpha value is -2.90. The van der Waals surface area contributed by atoms with Crippen LogP contribution in [-0.2, 0) is 4.74 Å². The van der Waals surface area contributed by atoms with Crippen molar-refractivity contribution in [3.63, 3.8) is 0 Å². The smallest absolute Gasteiger partial charge is 0.414 e. The lowest BCUT2D eigenvalue weighted by Gasteiger charge is -2.30. The van der Waals surface area contributed by atoms with E-state index in [0.29, 0.717) is 24.5 Å². The lowest BCUT2D eigenvalue weighted by atomic mass is 10.0. The van der Waals surface area contributed by atoms with Crippen molar-refractivity contribution in [2.24, 2.45) is 5.73 Å². The summed E-state index contributed by atoms with van der Waals surface area (Å²) in [5.41, 5.74) is 7.59. The summed E-state index contributed by atoms with van der Waals surface area (Å²) in [6.45, 7) is 1.88. The molecule has 2 heterocycles. The van der Waals surface area contributed by atoms with Gasteiger partial charge in [0, 0.05) is 25.7 Å². The van der Waals surface area contributed by atoms with Crippen LogP contribution in [0.3, 0.4) is 0 Å². The first-order chi connectivity index (χ1) is 14.4. The molecule has 160 valence electrons. The van der Waals surface area contributed by atoms with E-state index in [-0.39, 0.29) is 31.4 Å². The van der Waals surface area contributed by atoms with Gasteiger partial charge >= 0.3 is 6.09 Å². The number of allylic oxidation sites excluding steroid dienone is 1. The first-order valence-corrected chi connectivity index (χ1v) is 10.1. The summed E-state index contributed by atoms with van der Waals surface area (Å²) in [4.78, 5) is 17.2. The highest BCUT2D eigenvalue weighted by atomic mass is 32.1. The number of thiocarbonyl (C=S) groups is 1. The van der Waals surface area contributed by atoms with Crippen LogP contribution in [0.1, 0.15) is 12.8 Å². The second-order valence-electron chi connectivity index (χ2n) is 7.18. The van der Waals surface area contributed by atoms with Crippen LogP contribution in [0.25, 0.3) is 0 Å². The van der Waals surface area contributed by atoms with Crippen molar-refractivity contribution in [3.05, 3.63) is 35.7 Å². The number of carbonyl (C=O) groups is 1. The largest absolute Gasteiger partial charge is 0.442 e. The molecule has 0 bridgehead atoms. The molecule has 0 aromatic heterocycles. The van der Waals surface area contributed by atoms with E-state index in [2.05, 4.69) is 0 Å². The zero-order valence-electron chi connectivity index (χ0n) is 16.5. The molecule has 2 aliphatic heterocycles. The average Bonchev–Trinajstić information content (AvgIpc) is 3.08. The van der Waals surface area contributed by atoms with Crippen molar-refractivity contribution >= 4 is 34.8 Å². The Bertz CT molecular complexity index is 878. The maximum Gasteiger partial charge on any atom is 0.414 e. The summed E-state index contributed by atoms with van der Waals surface area (Å²) in [6, 6.07) is 6.73. The fourth-order valence-electron chi connectivity index (χ4n) is 3.68. The summed E-state index contributed by atoms with van der Waals surface area (Å²) in [5, 5.41) is 18.0. The van der Waals surface area contributed by atoms with Gasteiger partial charge in [-0.05, 0) is 43.3 Å². The van der Waals surface area contributed by atoms with Gasteiger partial charge in [0.15, 0.2) is 5.11 Å². The number of halogens is 1. The number of hydrogen-bond donors (Lipinski definition) is 2. The number of ether oxygens (including phenoxy) is 1. The third-order valence-electron chi connectivity index (χ3n) is 5.24. The third-order valence-corrected chi connectivity index (χ3v) is 5.50. The first kappa shape index (κ1) is 21.8. The fraction of sp³-hybridized carbons (Fsp3) is 0.450. The van der Waals surface area contributed by atoms with E-state index < -0.39 is 18.0 Å². The van der Waals surface area contributed by atoms with Crippen LogP contribution in [-0.4, -0.2) is 66.6 Å². The van der Waals surface area contributed by atoms with E-state index in [4.69, 9.17) is 33.1 Å². The van der Waals surface area contributed by atoms with Gasteiger partial charge in [-0.25, -0.2) is 9.18 Å². The molecular formula is C20H24FN5O3S. The van der Waals surface area contributed by atoms with Gasteiger partial charge in [-0.1, -0.05) is 5.57 Å². The lowest BCUT2D eigenvalue weighted by molar-refractivity contribution is 0.122. The Morgan fingerprint density at radius 3 is 2.80 bits per heavy atom. The molecule has 0 spiro atoms. The number of hydrogen-bond acceptors (Lipinski definition) is 6. The highest BCUT2D eigenvalue weighted by Crippen LogP contribution is 2.30. The minimum absolute atomic E-state index is 0.114. The number of carbonyl (C=O) groups excluding carboxylic acids is 1. The molecule has 10 heteroatoms. The quantitative estimate of drug-likeness (QED) is 0.516. The number of cyclic esters (lactones) is 1. The molecule has 1 aromatic carbocycles. The Balaban J connectivity index is 1.66. The second-order valence-corrected chi connectivity index (χ2v) is 7.60. The van der Waals surface area contributed by atoms with Gasteiger partial charge < -0.3 is 25.4 Å². The maximum atomic E-state index is 14.8. The monoisotopic (exact) mass is 433 g/mol. The topological polar surface area (TPSA) is 106 Å². The molecule has 3 N–H and O–H groups in total. The number of rotatable bonds is 6. The number of nitriles is 1. The van der Waals surface area contributed by atoms with Gasteiger partial charge in [0.2, 0.25) is 0 Å². The Morgan fingerprint density at radius 2 is 2.20 bits per heavy atom. The molecule has 2 aliphatic rings. The molecule has 2 fully saturated rings.